The number of rotatable bonds is 5. The van der Waals surface area contributed by atoms with Crippen molar-refractivity contribution in [3.8, 4) is 0 Å². The molecule has 0 atom stereocenters. The van der Waals surface area contributed by atoms with Gasteiger partial charge in [-0.3, -0.25) is 0 Å². The SMILES string of the molecule is CCCNc1ncc(F)c(NC2C(C)(C)C2(C)C)n1. The highest BCUT2D eigenvalue weighted by atomic mass is 19.1. The largest absolute Gasteiger partial charge is 0.364 e. The van der Waals surface area contributed by atoms with E-state index in [1.807, 2.05) is 0 Å². The van der Waals surface area contributed by atoms with Gasteiger partial charge in [0.05, 0.1) is 6.20 Å². The van der Waals surface area contributed by atoms with Crippen molar-refractivity contribution in [3.05, 3.63) is 12.0 Å². The molecule has 1 heterocycles. The molecule has 2 N–H and O–H groups in total. The summed E-state index contributed by atoms with van der Waals surface area (Å²) >= 11 is 0. The van der Waals surface area contributed by atoms with Gasteiger partial charge in [-0.1, -0.05) is 34.6 Å². The molecule has 0 bridgehead atoms. The third-order valence-electron chi connectivity index (χ3n) is 4.58. The zero-order chi connectivity index (χ0) is 14.3. The zero-order valence-corrected chi connectivity index (χ0v) is 12.3. The second kappa shape index (κ2) is 4.62. The first-order valence-electron chi connectivity index (χ1n) is 6.83. The molecule has 2 rings (SSSR count). The molecule has 0 aromatic carbocycles. The summed E-state index contributed by atoms with van der Waals surface area (Å²) in [6, 6.07) is 0.225. The third kappa shape index (κ3) is 2.38. The molecule has 5 heteroatoms. The van der Waals surface area contributed by atoms with E-state index >= 15 is 0 Å². The average molecular weight is 266 g/mol. The van der Waals surface area contributed by atoms with E-state index in [0.29, 0.717) is 5.95 Å². The van der Waals surface area contributed by atoms with Crippen LogP contribution in [0.5, 0.6) is 0 Å². The first-order valence-corrected chi connectivity index (χ1v) is 6.83. The molecular formula is C14H23FN4. The summed E-state index contributed by atoms with van der Waals surface area (Å²) in [6.45, 7) is 11.6. The Morgan fingerprint density at radius 2 is 1.89 bits per heavy atom. The molecule has 1 fully saturated rings. The van der Waals surface area contributed by atoms with Crippen LogP contribution < -0.4 is 10.6 Å². The number of nitrogens with zero attached hydrogens (tertiary/aromatic N) is 2. The number of halogens is 1. The molecule has 4 nitrogen and oxygen atoms in total. The summed E-state index contributed by atoms with van der Waals surface area (Å²) < 4.78 is 13.8. The predicted octanol–water partition coefficient (Wildman–Crippen LogP) is 3.28. The lowest BCUT2D eigenvalue weighted by atomic mass is 10.0. The highest BCUT2D eigenvalue weighted by molar-refractivity contribution is 5.45. The van der Waals surface area contributed by atoms with Crippen LogP contribution in [0.4, 0.5) is 16.2 Å². The first kappa shape index (κ1) is 14.0. The quantitative estimate of drug-likeness (QED) is 0.858. The Morgan fingerprint density at radius 1 is 1.26 bits per heavy atom. The van der Waals surface area contributed by atoms with E-state index in [2.05, 4.69) is 55.2 Å². The normalized spacial score (nSPS) is 20.1. The molecule has 1 aliphatic rings. The number of anilines is 2. The van der Waals surface area contributed by atoms with Gasteiger partial charge in [0.2, 0.25) is 5.95 Å². The zero-order valence-electron chi connectivity index (χ0n) is 12.3. The lowest BCUT2D eigenvalue weighted by Gasteiger charge is -2.10. The topological polar surface area (TPSA) is 49.8 Å². The van der Waals surface area contributed by atoms with Crippen molar-refractivity contribution >= 4 is 11.8 Å². The Morgan fingerprint density at radius 3 is 2.42 bits per heavy atom. The highest BCUT2D eigenvalue weighted by Crippen LogP contribution is 2.63. The second-order valence-corrected chi connectivity index (χ2v) is 6.34. The minimum absolute atomic E-state index is 0.140. The summed E-state index contributed by atoms with van der Waals surface area (Å²) in [5.74, 6) is 0.361. The molecule has 0 amide bonds. The van der Waals surface area contributed by atoms with Crippen molar-refractivity contribution in [1.29, 1.82) is 0 Å². The van der Waals surface area contributed by atoms with E-state index in [1.54, 1.807) is 0 Å². The van der Waals surface area contributed by atoms with Crippen LogP contribution in [-0.4, -0.2) is 22.6 Å². The number of hydrogen-bond acceptors (Lipinski definition) is 4. The molecule has 1 aromatic rings. The Hall–Kier alpha value is -1.39. The van der Waals surface area contributed by atoms with E-state index in [0.717, 1.165) is 13.0 Å². The third-order valence-corrected chi connectivity index (χ3v) is 4.58. The fraction of sp³-hybridized carbons (Fsp3) is 0.714. The van der Waals surface area contributed by atoms with Gasteiger partial charge in [-0.05, 0) is 17.3 Å². The Balaban J connectivity index is 2.12. The maximum Gasteiger partial charge on any atom is 0.224 e. The monoisotopic (exact) mass is 266 g/mol. The molecule has 1 aromatic heterocycles. The molecule has 0 radical (unpaired) electrons. The number of nitrogens with one attached hydrogen (secondary N) is 2. The van der Waals surface area contributed by atoms with Crippen molar-refractivity contribution in [2.45, 2.75) is 47.1 Å². The van der Waals surface area contributed by atoms with Gasteiger partial charge in [-0.2, -0.15) is 4.98 Å². The van der Waals surface area contributed by atoms with E-state index in [-0.39, 0.29) is 22.7 Å². The van der Waals surface area contributed by atoms with Gasteiger partial charge >= 0.3 is 0 Å². The summed E-state index contributed by atoms with van der Waals surface area (Å²) in [7, 11) is 0. The average Bonchev–Trinajstić information content (AvgIpc) is 2.72. The van der Waals surface area contributed by atoms with E-state index in [1.165, 1.54) is 6.20 Å². The minimum atomic E-state index is -0.402. The fourth-order valence-electron chi connectivity index (χ4n) is 2.48. The number of aromatic nitrogens is 2. The van der Waals surface area contributed by atoms with Crippen LogP contribution in [0.3, 0.4) is 0 Å². The van der Waals surface area contributed by atoms with Crippen molar-refractivity contribution in [3.63, 3.8) is 0 Å². The molecule has 1 aliphatic carbocycles. The van der Waals surface area contributed by atoms with Gasteiger partial charge in [-0.15, -0.1) is 0 Å². The molecule has 106 valence electrons. The van der Waals surface area contributed by atoms with E-state index < -0.39 is 5.82 Å². The molecule has 0 spiro atoms. The van der Waals surface area contributed by atoms with Gasteiger partial charge in [-0.25, -0.2) is 9.37 Å². The molecule has 0 saturated heterocycles. The summed E-state index contributed by atoms with van der Waals surface area (Å²) in [6.07, 6.45) is 2.20. The molecule has 19 heavy (non-hydrogen) atoms. The Labute approximate surface area is 114 Å². The summed E-state index contributed by atoms with van der Waals surface area (Å²) in [5.41, 5.74) is 0.281. The van der Waals surface area contributed by atoms with Crippen molar-refractivity contribution in [2.75, 3.05) is 17.2 Å². The molecule has 1 saturated carbocycles. The maximum absolute atomic E-state index is 13.8. The van der Waals surface area contributed by atoms with Gasteiger partial charge in [0.25, 0.3) is 0 Å². The molecular weight excluding hydrogens is 243 g/mol. The number of hydrogen-bond donors (Lipinski definition) is 2. The van der Waals surface area contributed by atoms with Crippen molar-refractivity contribution < 1.29 is 4.39 Å². The van der Waals surface area contributed by atoms with Crippen LogP contribution >= 0.6 is 0 Å². The van der Waals surface area contributed by atoms with Crippen LogP contribution in [0, 0.1) is 16.6 Å². The Bertz CT molecular complexity index is 457. The van der Waals surface area contributed by atoms with Gasteiger partial charge < -0.3 is 10.6 Å². The fourth-order valence-corrected chi connectivity index (χ4v) is 2.48. The van der Waals surface area contributed by atoms with E-state index in [9.17, 15) is 4.39 Å². The molecule has 0 unspecified atom stereocenters. The lowest BCUT2D eigenvalue weighted by Crippen LogP contribution is -2.14. The van der Waals surface area contributed by atoms with Gasteiger partial charge in [0.15, 0.2) is 11.6 Å². The minimum Gasteiger partial charge on any atom is -0.364 e. The highest BCUT2D eigenvalue weighted by Gasteiger charge is 2.65. The van der Waals surface area contributed by atoms with Crippen molar-refractivity contribution in [2.24, 2.45) is 10.8 Å². The van der Waals surface area contributed by atoms with Crippen LogP contribution in [-0.2, 0) is 0 Å². The summed E-state index contributed by atoms with van der Waals surface area (Å²) in [5, 5.41) is 6.28. The second-order valence-electron chi connectivity index (χ2n) is 6.34. The maximum atomic E-state index is 13.8. The van der Waals surface area contributed by atoms with Gasteiger partial charge in [0.1, 0.15) is 0 Å². The van der Waals surface area contributed by atoms with Gasteiger partial charge in [0, 0.05) is 12.6 Å². The smallest absolute Gasteiger partial charge is 0.224 e. The Kier molecular flexibility index (Phi) is 3.41. The molecule has 0 aliphatic heterocycles. The first-order chi connectivity index (χ1) is 8.80. The predicted molar refractivity (Wildman–Crippen MR) is 75.7 cm³/mol. The summed E-state index contributed by atoms with van der Waals surface area (Å²) in [4.78, 5) is 8.15. The standard InChI is InChI=1S/C14H23FN4/c1-6-7-16-12-17-8-9(15)10(19-12)18-11-13(2,3)14(11,4)5/h8,11H,6-7H2,1-5H3,(H2,16,17,18,19). The van der Waals surface area contributed by atoms with Crippen molar-refractivity contribution in [1.82, 2.24) is 9.97 Å². The van der Waals surface area contributed by atoms with Crippen LogP contribution in [0.15, 0.2) is 6.20 Å². The lowest BCUT2D eigenvalue weighted by molar-refractivity contribution is 0.457. The van der Waals surface area contributed by atoms with Crippen LogP contribution in [0.1, 0.15) is 41.0 Å². The van der Waals surface area contributed by atoms with E-state index in [4.69, 9.17) is 0 Å². The van der Waals surface area contributed by atoms with Crippen LogP contribution in [0.25, 0.3) is 0 Å². The van der Waals surface area contributed by atoms with Crippen LogP contribution in [0.2, 0.25) is 0 Å².